The Bertz CT molecular complexity index is 1800. The third-order valence-corrected chi connectivity index (χ3v) is 9.96. The van der Waals surface area contributed by atoms with E-state index in [0.717, 1.165) is 36.2 Å². The molecule has 1 aromatic heterocycles. The van der Waals surface area contributed by atoms with Crippen LogP contribution >= 0.6 is 23.4 Å². The summed E-state index contributed by atoms with van der Waals surface area (Å²) in [5.41, 5.74) is 3.61. The Labute approximate surface area is 302 Å². The van der Waals surface area contributed by atoms with E-state index in [4.69, 9.17) is 25.8 Å². The second-order valence-corrected chi connectivity index (χ2v) is 13.9. The highest BCUT2D eigenvalue weighted by Crippen LogP contribution is 2.31. The van der Waals surface area contributed by atoms with Crippen LogP contribution in [0.4, 0.5) is 0 Å². The molecule has 266 valence electrons. The van der Waals surface area contributed by atoms with Gasteiger partial charge in [0.25, 0.3) is 5.91 Å². The van der Waals surface area contributed by atoms with Gasteiger partial charge in [-0.25, -0.2) is 0 Å². The van der Waals surface area contributed by atoms with Crippen LogP contribution in [0, 0.1) is 6.92 Å². The maximum atomic E-state index is 13.5. The molecule has 2 N–H and O–H groups in total. The number of likely N-dealkylation sites (tertiary alicyclic amines) is 1. The van der Waals surface area contributed by atoms with Crippen LogP contribution < -0.4 is 14.8 Å². The van der Waals surface area contributed by atoms with E-state index < -0.39 is 12.1 Å². The fourth-order valence-corrected chi connectivity index (χ4v) is 6.98. The van der Waals surface area contributed by atoms with Crippen molar-refractivity contribution in [3.8, 4) is 11.5 Å². The van der Waals surface area contributed by atoms with Gasteiger partial charge in [0.1, 0.15) is 17.6 Å². The lowest BCUT2D eigenvalue weighted by molar-refractivity contribution is -0.146. The first-order chi connectivity index (χ1) is 24.1. The fraction of sp³-hybridized carbons (Fsp3) is 0.395. The molecule has 12 heteroatoms. The number of esters is 1. The normalized spacial score (nSPS) is 15.2. The second kappa shape index (κ2) is 17.8. The van der Waals surface area contributed by atoms with Gasteiger partial charge in [-0.2, -0.15) is 0 Å². The number of rotatable bonds is 16. The number of hydrogen-bond donors (Lipinski definition) is 2. The average molecular weight is 722 g/mol. The number of benzene rings is 3. The largest absolute Gasteiger partial charge is 0.497 e. The predicted molar refractivity (Wildman–Crippen MR) is 196 cm³/mol. The van der Waals surface area contributed by atoms with Gasteiger partial charge in [0.05, 0.1) is 37.5 Å². The van der Waals surface area contributed by atoms with Crippen LogP contribution in [0.2, 0.25) is 5.02 Å². The molecular weight excluding hydrogens is 678 g/mol. The summed E-state index contributed by atoms with van der Waals surface area (Å²) in [6.45, 7) is 6.97. The molecule has 0 saturated carbocycles. The number of thioether (sulfide) groups is 1. The van der Waals surface area contributed by atoms with Gasteiger partial charge in [0, 0.05) is 53.6 Å². The molecule has 4 aromatic rings. The standard InChI is InChI=1S/C38H44ClN3O7S/c1-25(23-50-24-36(44)40-15-5-17-48-32-7-4-6-27(18-32)21-41-16-14-30(43)22-41)49-37(45)20-33-26(2)42(35-13-12-31(47-3)19-34(33)35)38(46)28-8-10-29(39)11-9-28/h4,6-13,18-19,25,30,43H,5,14-17,20-24H2,1-3H3,(H,40,44). The molecule has 1 saturated heterocycles. The maximum Gasteiger partial charge on any atom is 0.310 e. The van der Waals surface area contributed by atoms with Crippen LogP contribution in [-0.4, -0.2) is 89.4 Å². The molecular formula is C38H44ClN3O7S. The molecule has 3 aromatic carbocycles. The van der Waals surface area contributed by atoms with Crippen LogP contribution in [0.1, 0.15) is 46.9 Å². The number of aliphatic hydroxyl groups is 1. The van der Waals surface area contributed by atoms with Crippen LogP contribution in [0.15, 0.2) is 66.7 Å². The Kier molecular flexibility index (Phi) is 13.2. The fourth-order valence-electron chi connectivity index (χ4n) is 6.05. The molecule has 2 heterocycles. The number of fused-ring (bicyclic) bond motifs is 1. The third-order valence-electron chi connectivity index (χ3n) is 8.54. The van der Waals surface area contributed by atoms with Gasteiger partial charge >= 0.3 is 5.97 Å². The number of aromatic nitrogens is 1. The van der Waals surface area contributed by atoms with Crippen molar-refractivity contribution in [1.29, 1.82) is 0 Å². The minimum Gasteiger partial charge on any atom is -0.497 e. The zero-order valence-corrected chi connectivity index (χ0v) is 30.2. The molecule has 2 atom stereocenters. The molecule has 5 rings (SSSR count). The van der Waals surface area contributed by atoms with Crippen LogP contribution in [0.3, 0.4) is 0 Å². The van der Waals surface area contributed by atoms with Gasteiger partial charge in [-0.15, -0.1) is 11.8 Å². The van der Waals surface area contributed by atoms with E-state index in [-0.39, 0.29) is 30.1 Å². The molecule has 2 unspecified atom stereocenters. The Morgan fingerprint density at radius 1 is 1.08 bits per heavy atom. The lowest BCUT2D eigenvalue weighted by atomic mass is 10.1. The van der Waals surface area contributed by atoms with Crippen molar-refractivity contribution >= 4 is 52.0 Å². The number of halogens is 1. The van der Waals surface area contributed by atoms with Crippen molar-refractivity contribution < 1.29 is 33.7 Å². The first-order valence-corrected chi connectivity index (χ1v) is 18.3. The number of hydrogen-bond acceptors (Lipinski definition) is 9. The van der Waals surface area contributed by atoms with E-state index in [1.807, 2.05) is 37.3 Å². The van der Waals surface area contributed by atoms with Crippen molar-refractivity contribution in [2.45, 2.75) is 51.9 Å². The minimum atomic E-state index is -0.424. The molecule has 10 nitrogen and oxygen atoms in total. The molecule has 0 aliphatic carbocycles. The Morgan fingerprint density at radius 2 is 1.88 bits per heavy atom. The Hall–Kier alpha value is -4.03. The summed E-state index contributed by atoms with van der Waals surface area (Å²) in [5.74, 6) is 1.36. The SMILES string of the molecule is COc1ccc2c(c1)c(CC(=O)OC(C)CSCC(=O)NCCCOc1cccc(CN3CCC(O)C3)c1)c(C)n2C(=O)c1ccc(Cl)cc1. The number of carbonyl (C=O) groups excluding carboxylic acids is 3. The van der Waals surface area contributed by atoms with E-state index in [1.165, 1.54) is 11.8 Å². The lowest BCUT2D eigenvalue weighted by Crippen LogP contribution is -2.28. The van der Waals surface area contributed by atoms with Gasteiger partial charge in [-0.1, -0.05) is 23.7 Å². The van der Waals surface area contributed by atoms with Crippen LogP contribution in [0.25, 0.3) is 10.9 Å². The number of β-amino-alcohol motifs (C(OH)–C–C–N with tert-alkyl or cyclic N) is 1. The van der Waals surface area contributed by atoms with E-state index >= 15 is 0 Å². The summed E-state index contributed by atoms with van der Waals surface area (Å²) in [7, 11) is 1.57. The van der Waals surface area contributed by atoms with Crippen molar-refractivity contribution in [3.05, 3.63) is 94.1 Å². The van der Waals surface area contributed by atoms with Gasteiger partial charge in [-0.3, -0.25) is 23.9 Å². The zero-order valence-electron chi connectivity index (χ0n) is 28.7. The summed E-state index contributed by atoms with van der Waals surface area (Å²) in [6.07, 6.45) is 0.798. The molecule has 1 fully saturated rings. The molecule has 50 heavy (non-hydrogen) atoms. The van der Waals surface area contributed by atoms with Crippen molar-refractivity contribution in [1.82, 2.24) is 14.8 Å². The number of nitrogens with zero attached hydrogens (tertiary/aromatic N) is 2. The van der Waals surface area contributed by atoms with Crippen molar-refractivity contribution in [2.75, 3.05) is 44.9 Å². The van der Waals surface area contributed by atoms with Crippen LogP contribution in [0.5, 0.6) is 11.5 Å². The summed E-state index contributed by atoms with van der Waals surface area (Å²) >= 11 is 7.43. The lowest BCUT2D eigenvalue weighted by Gasteiger charge is -2.15. The van der Waals surface area contributed by atoms with E-state index in [9.17, 15) is 19.5 Å². The molecule has 1 aliphatic heterocycles. The number of ether oxygens (including phenoxy) is 3. The summed E-state index contributed by atoms with van der Waals surface area (Å²) < 4.78 is 18.6. The quantitative estimate of drug-likeness (QED) is 0.112. The monoisotopic (exact) mass is 721 g/mol. The molecule has 1 aliphatic rings. The third kappa shape index (κ3) is 10.0. The van der Waals surface area contributed by atoms with Gasteiger partial charge in [-0.05, 0) is 92.4 Å². The predicted octanol–water partition coefficient (Wildman–Crippen LogP) is 5.66. The highest BCUT2D eigenvalue weighted by molar-refractivity contribution is 7.99. The summed E-state index contributed by atoms with van der Waals surface area (Å²) in [4.78, 5) is 41.3. The molecule has 0 spiro atoms. The topological polar surface area (TPSA) is 119 Å². The first kappa shape index (κ1) is 37.2. The number of amides is 1. The van der Waals surface area contributed by atoms with Crippen LogP contribution in [-0.2, 0) is 27.3 Å². The molecule has 0 bridgehead atoms. The number of methoxy groups -OCH3 is 1. The Morgan fingerprint density at radius 3 is 2.62 bits per heavy atom. The van der Waals surface area contributed by atoms with Gasteiger partial charge in [0.2, 0.25) is 5.91 Å². The summed E-state index contributed by atoms with van der Waals surface area (Å²) in [6, 6.07) is 20.1. The van der Waals surface area contributed by atoms with Gasteiger partial charge in [0.15, 0.2) is 0 Å². The first-order valence-electron chi connectivity index (χ1n) is 16.8. The van der Waals surface area contributed by atoms with E-state index in [2.05, 4.69) is 16.3 Å². The maximum absolute atomic E-state index is 13.5. The molecule has 0 radical (unpaired) electrons. The number of aliphatic hydroxyl groups excluding tert-OH is 1. The van der Waals surface area contributed by atoms with Gasteiger partial charge < -0.3 is 24.6 Å². The second-order valence-electron chi connectivity index (χ2n) is 12.5. The highest BCUT2D eigenvalue weighted by Gasteiger charge is 2.24. The van der Waals surface area contributed by atoms with E-state index in [1.54, 1.807) is 48.9 Å². The highest BCUT2D eigenvalue weighted by atomic mass is 35.5. The van der Waals surface area contributed by atoms with E-state index in [0.29, 0.717) is 65.0 Å². The Balaban J connectivity index is 1.04. The zero-order chi connectivity index (χ0) is 35.6. The smallest absolute Gasteiger partial charge is 0.310 e. The molecule has 1 amide bonds. The average Bonchev–Trinajstić information content (AvgIpc) is 3.63. The number of carbonyl (C=O) groups is 3. The summed E-state index contributed by atoms with van der Waals surface area (Å²) in [5, 5.41) is 13.9. The minimum absolute atomic E-state index is 0.0269. The van der Waals surface area contributed by atoms with Crippen molar-refractivity contribution in [3.63, 3.8) is 0 Å². The number of nitrogens with one attached hydrogen (secondary N) is 1. The van der Waals surface area contributed by atoms with Crippen molar-refractivity contribution in [2.24, 2.45) is 0 Å².